The number of aldehydes is 1. The van der Waals surface area contributed by atoms with Crippen LogP contribution in [0.3, 0.4) is 0 Å². The number of carbonyl (C=O) groups is 3. The molecule has 0 bridgehead atoms. The van der Waals surface area contributed by atoms with Crippen LogP contribution in [0.1, 0.15) is 52.4 Å². The molecule has 8 heteroatoms. The lowest BCUT2D eigenvalue weighted by Gasteiger charge is -2.35. The van der Waals surface area contributed by atoms with Gasteiger partial charge >= 0.3 is 0 Å². The number of rotatable bonds is 8. The number of nitrogens with zero attached hydrogens (tertiary/aromatic N) is 4. The normalized spacial score (nSPS) is 24.0. The van der Waals surface area contributed by atoms with Crippen molar-refractivity contribution in [1.29, 1.82) is 5.26 Å². The van der Waals surface area contributed by atoms with E-state index in [1.165, 1.54) is 37.1 Å². The Labute approximate surface area is 172 Å². The lowest BCUT2D eigenvalue weighted by molar-refractivity contribution is -0.146. The Bertz CT molecular complexity index is 637. The van der Waals surface area contributed by atoms with Gasteiger partial charge in [-0.3, -0.25) is 9.59 Å². The maximum absolute atomic E-state index is 14.5. The molecule has 7 nitrogen and oxygen atoms in total. The van der Waals surface area contributed by atoms with Gasteiger partial charge in [-0.15, -0.1) is 0 Å². The Balaban J connectivity index is 2.09. The second kappa shape index (κ2) is 10.1. The molecule has 3 unspecified atom stereocenters. The van der Waals surface area contributed by atoms with Crippen LogP contribution in [0, 0.1) is 17.2 Å². The van der Waals surface area contributed by atoms with Gasteiger partial charge in [-0.05, 0) is 46.2 Å². The highest BCUT2D eigenvalue weighted by atomic mass is 19.1. The Morgan fingerprint density at radius 3 is 2.52 bits per heavy atom. The SMILES string of the molecule is CN(C(=O)CCN1CCCCC1)C(CC(C)(C)F)C(=O)N1CC(C=O)CC1C#N. The third kappa shape index (κ3) is 6.49. The molecule has 3 atom stereocenters. The van der Waals surface area contributed by atoms with Crippen molar-refractivity contribution in [2.75, 3.05) is 33.2 Å². The number of likely N-dealkylation sites (N-methyl/N-ethyl adjacent to an activating group) is 1. The summed E-state index contributed by atoms with van der Waals surface area (Å²) in [7, 11) is 1.53. The molecular formula is C21H33FN4O3. The number of piperidine rings is 1. The van der Waals surface area contributed by atoms with E-state index in [4.69, 9.17) is 0 Å². The summed E-state index contributed by atoms with van der Waals surface area (Å²) in [5.41, 5.74) is -1.66. The molecule has 2 saturated heterocycles. The fraction of sp³-hybridized carbons (Fsp3) is 0.810. The highest BCUT2D eigenvalue weighted by Gasteiger charge is 2.42. The van der Waals surface area contributed by atoms with Gasteiger partial charge in [0.15, 0.2) is 0 Å². The van der Waals surface area contributed by atoms with Crippen LogP contribution in [0.25, 0.3) is 0 Å². The molecule has 0 aromatic carbocycles. The predicted molar refractivity (Wildman–Crippen MR) is 107 cm³/mol. The van der Waals surface area contributed by atoms with Gasteiger partial charge in [-0.2, -0.15) is 5.26 Å². The van der Waals surface area contributed by atoms with Crippen LogP contribution in [0.2, 0.25) is 0 Å². The van der Waals surface area contributed by atoms with Crippen LogP contribution in [-0.4, -0.2) is 83.8 Å². The topological polar surface area (TPSA) is 84.7 Å². The van der Waals surface area contributed by atoms with Gasteiger partial charge < -0.3 is 19.5 Å². The molecule has 0 N–H and O–H groups in total. The largest absolute Gasteiger partial charge is 0.334 e. The number of alkyl halides is 1. The van der Waals surface area contributed by atoms with Gasteiger partial charge in [0.2, 0.25) is 11.8 Å². The maximum atomic E-state index is 14.5. The second-order valence-corrected chi connectivity index (χ2v) is 8.86. The van der Waals surface area contributed by atoms with Gasteiger partial charge in [0.05, 0.1) is 6.07 Å². The van der Waals surface area contributed by atoms with Gasteiger partial charge in [0, 0.05) is 38.9 Å². The number of halogens is 1. The Morgan fingerprint density at radius 1 is 1.31 bits per heavy atom. The average molecular weight is 409 g/mol. The van der Waals surface area contributed by atoms with Crippen LogP contribution >= 0.6 is 0 Å². The zero-order valence-corrected chi connectivity index (χ0v) is 17.8. The highest BCUT2D eigenvalue weighted by molar-refractivity contribution is 5.88. The molecule has 2 aliphatic rings. The van der Waals surface area contributed by atoms with Crippen molar-refractivity contribution < 1.29 is 18.8 Å². The third-order valence-electron chi connectivity index (χ3n) is 5.87. The van der Waals surface area contributed by atoms with Gasteiger partial charge in [-0.1, -0.05) is 6.42 Å². The molecule has 0 aromatic heterocycles. The summed E-state index contributed by atoms with van der Waals surface area (Å²) in [4.78, 5) is 42.0. The van der Waals surface area contributed by atoms with Crippen molar-refractivity contribution >= 4 is 18.1 Å². The summed E-state index contributed by atoms with van der Waals surface area (Å²) < 4.78 is 14.5. The summed E-state index contributed by atoms with van der Waals surface area (Å²) in [6.45, 7) is 5.46. The molecule has 0 aliphatic carbocycles. The fourth-order valence-electron chi connectivity index (χ4n) is 4.16. The minimum atomic E-state index is -1.66. The van der Waals surface area contributed by atoms with E-state index >= 15 is 0 Å². The smallest absolute Gasteiger partial charge is 0.246 e. The quantitative estimate of drug-likeness (QED) is 0.572. The van der Waals surface area contributed by atoms with Crippen LogP contribution in [0.15, 0.2) is 0 Å². The van der Waals surface area contributed by atoms with E-state index in [2.05, 4.69) is 11.0 Å². The minimum absolute atomic E-state index is 0.138. The Morgan fingerprint density at radius 2 is 1.97 bits per heavy atom. The van der Waals surface area contributed by atoms with Gasteiger partial charge in [0.25, 0.3) is 0 Å². The first kappa shape index (κ1) is 23.3. The molecule has 0 aromatic rings. The van der Waals surface area contributed by atoms with E-state index in [1.54, 1.807) is 0 Å². The number of amides is 2. The number of hydrogen-bond acceptors (Lipinski definition) is 5. The van der Waals surface area contributed by atoms with E-state index in [1.807, 2.05) is 0 Å². The first-order chi connectivity index (χ1) is 13.7. The lowest BCUT2D eigenvalue weighted by Crippen LogP contribution is -2.52. The highest BCUT2D eigenvalue weighted by Crippen LogP contribution is 2.27. The van der Waals surface area contributed by atoms with E-state index < -0.39 is 29.6 Å². The van der Waals surface area contributed by atoms with Crippen molar-refractivity contribution in [3.05, 3.63) is 0 Å². The standard InChI is InChI=1S/C21H33FN4O3/c1-21(2,22)12-18(20(29)26-14-16(15-27)11-17(26)13-23)24(3)19(28)7-10-25-8-5-4-6-9-25/h15-18H,4-12,14H2,1-3H3. The molecule has 0 spiro atoms. The molecule has 162 valence electrons. The Kier molecular flexibility index (Phi) is 8.14. The van der Waals surface area contributed by atoms with Crippen molar-refractivity contribution in [1.82, 2.24) is 14.7 Å². The summed E-state index contributed by atoms with van der Waals surface area (Å²) in [5.74, 6) is -1.07. The molecule has 2 rings (SSSR count). The van der Waals surface area contributed by atoms with Crippen molar-refractivity contribution in [2.24, 2.45) is 5.92 Å². The first-order valence-corrected chi connectivity index (χ1v) is 10.5. The maximum Gasteiger partial charge on any atom is 0.246 e. The molecule has 2 amide bonds. The number of carbonyl (C=O) groups excluding carboxylic acids is 3. The molecule has 0 radical (unpaired) electrons. The summed E-state index contributed by atoms with van der Waals surface area (Å²) >= 11 is 0. The molecule has 2 aliphatic heterocycles. The summed E-state index contributed by atoms with van der Waals surface area (Å²) in [6, 6.07) is 0.338. The van der Waals surface area contributed by atoms with Crippen LogP contribution in [0.4, 0.5) is 4.39 Å². The minimum Gasteiger partial charge on any atom is -0.334 e. The van der Waals surface area contributed by atoms with Gasteiger partial charge in [-0.25, -0.2) is 4.39 Å². The van der Waals surface area contributed by atoms with E-state index in [9.17, 15) is 24.0 Å². The summed E-state index contributed by atoms with van der Waals surface area (Å²) in [5, 5.41) is 9.37. The van der Waals surface area contributed by atoms with E-state index in [0.29, 0.717) is 6.54 Å². The van der Waals surface area contributed by atoms with Crippen LogP contribution in [0.5, 0.6) is 0 Å². The summed E-state index contributed by atoms with van der Waals surface area (Å²) in [6.07, 6.45) is 4.62. The lowest BCUT2D eigenvalue weighted by atomic mass is 9.98. The molecule has 0 saturated carbocycles. The number of nitriles is 1. The second-order valence-electron chi connectivity index (χ2n) is 8.86. The third-order valence-corrected chi connectivity index (χ3v) is 5.87. The van der Waals surface area contributed by atoms with Gasteiger partial charge in [0.1, 0.15) is 24.0 Å². The van der Waals surface area contributed by atoms with Crippen LogP contribution < -0.4 is 0 Å². The van der Waals surface area contributed by atoms with E-state index in [-0.39, 0.29) is 31.7 Å². The monoisotopic (exact) mass is 408 g/mol. The first-order valence-electron chi connectivity index (χ1n) is 10.5. The zero-order chi connectivity index (χ0) is 21.6. The number of likely N-dealkylation sites (tertiary alicyclic amines) is 2. The van der Waals surface area contributed by atoms with Crippen molar-refractivity contribution in [3.8, 4) is 6.07 Å². The molecule has 2 heterocycles. The fourth-order valence-corrected chi connectivity index (χ4v) is 4.16. The van der Waals surface area contributed by atoms with Crippen LogP contribution in [-0.2, 0) is 14.4 Å². The van der Waals surface area contributed by atoms with Crippen molar-refractivity contribution in [3.63, 3.8) is 0 Å². The molecule has 29 heavy (non-hydrogen) atoms. The molecular weight excluding hydrogens is 375 g/mol. The Hall–Kier alpha value is -2.01. The number of hydrogen-bond donors (Lipinski definition) is 0. The average Bonchev–Trinajstić information content (AvgIpc) is 3.13. The van der Waals surface area contributed by atoms with Crippen molar-refractivity contribution in [2.45, 2.75) is 70.1 Å². The zero-order valence-electron chi connectivity index (χ0n) is 17.8. The van der Waals surface area contributed by atoms with E-state index in [0.717, 1.165) is 32.2 Å². The predicted octanol–water partition coefficient (Wildman–Crippen LogP) is 1.77. The molecule has 2 fully saturated rings.